The molecular formula is C17H22N4O4. The minimum atomic E-state index is -0.962. The zero-order chi connectivity index (χ0) is 17.8. The lowest BCUT2D eigenvalue weighted by atomic mass is 9.85. The number of oxazole rings is 1. The Morgan fingerprint density at radius 3 is 2.72 bits per heavy atom. The molecule has 4 amide bonds. The maximum Gasteiger partial charge on any atom is 0.325 e. The van der Waals surface area contributed by atoms with Gasteiger partial charge in [-0.1, -0.05) is 6.42 Å². The van der Waals surface area contributed by atoms with Gasteiger partial charge in [-0.3, -0.25) is 14.5 Å². The van der Waals surface area contributed by atoms with Gasteiger partial charge in [0.05, 0.1) is 6.54 Å². The number of carbonyl (C=O) groups excluding carboxylic acids is 3. The first-order valence-electron chi connectivity index (χ1n) is 8.75. The van der Waals surface area contributed by atoms with Gasteiger partial charge in [-0.25, -0.2) is 9.78 Å². The Kier molecular flexibility index (Phi) is 3.59. The number of fused-ring (bicyclic) bond motifs is 1. The van der Waals surface area contributed by atoms with Crippen LogP contribution in [0.4, 0.5) is 4.79 Å². The van der Waals surface area contributed by atoms with Crippen molar-refractivity contribution >= 4 is 17.8 Å². The maximum atomic E-state index is 12.6. The van der Waals surface area contributed by atoms with E-state index in [1.54, 1.807) is 18.7 Å². The van der Waals surface area contributed by atoms with E-state index in [2.05, 4.69) is 10.3 Å². The molecule has 25 heavy (non-hydrogen) atoms. The lowest BCUT2D eigenvalue weighted by molar-refractivity contribution is -0.139. The Bertz CT molecular complexity index is 750. The molecular weight excluding hydrogens is 324 g/mol. The van der Waals surface area contributed by atoms with Crippen molar-refractivity contribution in [2.75, 3.05) is 13.1 Å². The Balaban J connectivity index is 1.43. The largest absolute Gasteiger partial charge is 0.445 e. The van der Waals surface area contributed by atoms with Crippen LogP contribution in [-0.4, -0.2) is 51.3 Å². The summed E-state index contributed by atoms with van der Waals surface area (Å²) in [6, 6.07) is -0.519. The third kappa shape index (κ3) is 2.69. The van der Waals surface area contributed by atoms with E-state index in [1.807, 2.05) is 0 Å². The third-order valence-corrected chi connectivity index (χ3v) is 5.29. The Morgan fingerprint density at radius 1 is 1.36 bits per heavy atom. The predicted molar refractivity (Wildman–Crippen MR) is 86.5 cm³/mol. The number of imide groups is 1. The fraction of sp³-hybridized carbons (Fsp3) is 0.647. The molecule has 1 saturated heterocycles. The highest BCUT2D eigenvalue weighted by molar-refractivity contribution is 6.08. The summed E-state index contributed by atoms with van der Waals surface area (Å²) in [5, 5.41) is 2.58. The molecule has 1 N–H and O–H groups in total. The molecule has 4 rings (SSSR count). The molecule has 1 aromatic heterocycles. The highest BCUT2D eigenvalue weighted by atomic mass is 16.4. The lowest BCUT2D eigenvalue weighted by Crippen LogP contribution is -2.45. The average Bonchev–Trinajstić information content (AvgIpc) is 2.98. The van der Waals surface area contributed by atoms with Gasteiger partial charge in [0.25, 0.3) is 5.91 Å². The van der Waals surface area contributed by atoms with Crippen LogP contribution < -0.4 is 5.32 Å². The van der Waals surface area contributed by atoms with Crippen LogP contribution in [-0.2, 0) is 22.6 Å². The normalized spacial score (nSPS) is 22.6. The molecule has 134 valence electrons. The predicted octanol–water partition coefficient (Wildman–Crippen LogP) is 1.16. The molecule has 8 nitrogen and oxygen atoms in total. The first-order chi connectivity index (χ1) is 11.8. The van der Waals surface area contributed by atoms with E-state index in [4.69, 9.17) is 4.42 Å². The van der Waals surface area contributed by atoms with Gasteiger partial charge in [-0.2, -0.15) is 0 Å². The van der Waals surface area contributed by atoms with E-state index >= 15 is 0 Å². The van der Waals surface area contributed by atoms with Gasteiger partial charge >= 0.3 is 6.03 Å². The van der Waals surface area contributed by atoms with Crippen LogP contribution >= 0.6 is 0 Å². The second-order valence-electron chi connectivity index (χ2n) is 7.56. The van der Waals surface area contributed by atoms with E-state index in [-0.39, 0.29) is 18.4 Å². The van der Waals surface area contributed by atoms with Gasteiger partial charge in [-0.15, -0.1) is 0 Å². The fourth-order valence-electron chi connectivity index (χ4n) is 3.46. The second kappa shape index (κ2) is 5.57. The smallest absolute Gasteiger partial charge is 0.325 e. The lowest BCUT2D eigenvalue weighted by Gasteiger charge is -2.27. The number of urea groups is 1. The minimum absolute atomic E-state index is 0.239. The maximum absolute atomic E-state index is 12.6. The van der Waals surface area contributed by atoms with Crippen LogP contribution in [0.1, 0.15) is 56.4 Å². The highest BCUT2D eigenvalue weighted by Gasteiger charge is 2.45. The van der Waals surface area contributed by atoms with Crippen molar-refractivity contribution in [3.63, 3.8) is 0 Å². The average molecular weight is 346 g/mol. The quantitative estimate of drug-likeness (QED) is 0.829. The summed E-state index contributed by atoms with van der Waals surface area (Å²) in [5.74, 6) is 1.45. The van der Waals surface area contributed by atoms with Gasteiger partial charge in [0, 0.05) is 18.9 Å². The Hall–Kier alpha value is -2.38. The summed E-state index contributed by atoms with van der Waals surface area (Å²) < 4.78 is 5.86. The summed E-state index contributed by atoms with van der Waals surface area (Å²) in [4.78, 5) is 43.9. The van der Waals surface area contributed by atoms with Crippen LogP contribution in [0.15, 0.2) is 4.42 Å². The van der Waals surface area contributed by atoms with Crippen LogP contribution in [0.5, 0.6) is 0 Å². The topological polar surface area (TPSA) is 95.8 Å². The highest BCUT2D eigenvalue weighted by Crippen LogP contribution is 2.37. The molecule has 8 heteroatoms. The van der Waals surface area contributed by atoms with Crippen molar-refractivity contribution in [2.24, 2.45) is 0 Å². The van der Waals surface area contributed by atoms with Crippen molar-refractivity contribution < 1.29 is 18.8 Å². The van der Waals surface area contributed by atoms with Crippen LogP contribution in [0.25, 0.3) is 0 Å². The number of rotatable bonds is 3. The van der Waals surface area contributed by atoms with E-state index in [9.17, 15) is 14.4 Å². The van der Waals surface area contributed by atoms with Gasteiger partial charge in [0.15, 0.2) is 5.89 Å². The van der Waals surface area contributed by atoms with E-state index in [0.717, 1.165) is 35.1 Å². The molecule has 2 aliphatic heterocycles. The van der Waals surface area contributed by atoms with Crippen LogP contribution in [0.2, 0.25) is 0 Å². The van der Waals surface area contributed by atoms with Crippen molar-refractivity contribution in [1.29, 1.82) is 0 Å². The standard InChI is InChI=1S/C17H22N4O4/c1-17(2)15(23)21(16(24)19-17)9-13(22)20-7-6-12-11(8-20)18-14(25-12)10-4-3-5-10/h10H,3-9H2,1-2H3,(H,19,24). The molecule has 0 radical (unpaired) electrons. The summed E-state index contributed by atoms with van der Waals surface area (Å²) in [5.41, 5.74) is -0.157. The zero-order valence-corrected chi connectivity index (χ0v) is 14.5. The summed E-state index contributed by atoms with van der Waals surface area (Å²) >= 11 is 0. The van der Waals surface area contributed by atoms with Crippen molar-refractivity contribution in [3.8, 4) is 0 Å². The number of hydrogen-bond donors (Lipinski definition) is 1. The van der Waals surface area contributed by atoms with E-state index in [1.165, 1.54) is 6.42 Å². The Labute approximate surface area is 145 Å². The molecule has 1 aromatic rings. The van der Waals surface area contributed by atoms with Crippen molar-refractivity contribution in [2.45, 2.75) is 57.5 Å². The summed E-state index contributed by atoms with van der Waals surface area (Å²) in [6.07, 6.45) is 4.06. The molecule has 0 bridgehead atoms. The summed E-state index contributed by atoms with van der Waals surface area (Å²) in [6.45, 7) is 3.90. The molecule has 0 unspecified atom stereocenters. The number of carbonyl (C=O) groups is 3. The zero-order valence-electron chi connectivity index (χ0n) is 14.5. The van der Waals surface area contributed by atoms with E-state index < -0.39 is 11.6 Å². The molecule has 0 aromatic carbocycles. The molecule has 3 heterocycles. The molecule has 0 spiro atoms. The number of hydrogen-bond acceptors (Lipinski definition) is 5. The SMILES string of the molecule is CC1(C)NC(=O)N(CC(=O)N2CCc3oc(C4CCC4)nc3C2)C1=O. The number of aromatic nitrogens is 1. The molecule has 3 aliphatic rings. The first-order valence-corrected chi connectivity index (χ1v) is 8.75. The Morgan fingerprint density at radius 2 is 2.12 bits per heavy atom. The number of nitrogens with one attached hydrogen (secondary N) is 1. The van der Waals surface area contributed by atoms with Crippen LogP contribution in [0, 0.1) is 0 Å². The summed E-state index contributed by atoms with van der Waals surface area (Å²) in [7, 11) is 0. The van der Waals surface area contributed by atoms with E-state index in [0.29, 0.717) is 25.4 Å². The third-order valence-electron chi connectivity index (χ3n) is 5.29. The van der Waals surface area contributed by atoms with Crippen LogP contribution in [0.3, 0.4) is 0 Å². The number of nitrogens with zero attached hydrogens (tertiary/aromatic N) is 3. The fourth-order valence-corrected chi connectivity index (χ4v) is 3.46. The van der Waals surface area contributed by atoms with Crippen molar-refractivity contribution in [3.05, 3.63) is 17.3 Å². The molecule has 1 saturated carbocycles. The number of amides is 4. The van der Waals surface area contributed by atoms with Gasteiger partial charge < -0.3 is 14.6 Å². The van der Waals surface area contributed by atoms with Gasteiger partial charge in [0.1, 0.15) is 23.5 Å². The monoisotopic (exact) mass is 346 g/mol. The first kappa shape index (κ1) is 16.1. The molecule has 1 aliphatic carbocycles. The molecule has 2 fully saturated rings. The van der Waals surface area contributed by atoms with Gasteiger partial charge in [0.2, 0.25) is 5.91 Å². The molecule has 0 atom stereocenters. The minimum Gasteiger partial charge on any atom is -0.445 e. The second-order valence-corrected chi connectivity index (χ2v) is 7.56. The van der Waals surface area contributed by atoms with Crippen molar-refractivity contribution in [1.82, 2.24) is 20.1 Å². The van der Waals surface area contributed by atoms with Gasteiger partial charge in [-0.05, 0) is 26.7 Å².